The van der Waals surface area contributed by atoms with Crippen LogP contribution in [0.5, 0.6) is 6.01 Å². The molecule has 0 atom stereocenters. The molecule has 0 saturated carbocycles. The van der Waals surface area contributed by atoms with Crippen molar-refractivity contribution in [3.63, 3.8) is 0 Å². The maximum Gasteiger partial charge on any atom is 0.322 e. The highest BCUT2D eigenvalue weighted by atomic mass is 32.2. The summed E-state index contributed by atoms with van der Waals surface area (Å²) in [5, 5.41) is 12.1. The molecule has 0 saturated heterocycles. The van der Waals surface area contributed by atoms with E-state index in [9.17, 15) is 0 Å². The Balaban J connectivity index is 2.25. The minimum atomic E-state index is 0.304. The summed E-state index contributed by atoms with van der Waals surface area (Å²) in [6.07, 6.45) is 1.62. The van der Waals surface area contributed by atoms with Gasteiger partial charge >= 0.3 is 6.01 Å². The Morgan fingerprint density at radius 2 is 2.16 bits per heavy atom. The topological polar surface area (TPSA) is 90.6 Å². The van der Waals surface area contributed by atoms with Gasteiger partial charge in [0.2, 0.25) is 11.1 Å². The van der Waals surface area contributed by atoms with E-state index in [-0.39, 0.29) is 0 Å². The molecule has 0 aliphatic rings. The van der Waals surface area contributed by atoms with Crippen molar-refractivity contribution in [2.45, 2.75) is 24.2 Å². The summed E-state index contributed by atoms with van der Waals surface area (Å²) in [6.45, 7) is 5.08. The van der Waals surface area contributed by atoms with E-state index in [1.54, 1.807) is 10.9 Å². The molecule has 102 valence electrons. The average Bonchev–Trinajstić information content (AvgIpc) is 2.76. The summed E-state index contributed by atoms with van der Waals surface area (Å²) in [7, 11) is 1.86. The van der Waals surface area contributed by atoms with Crippen molar-refractivity contribution in [2.75, 3.05) is 18.5 Å². The lowest BCUT2D eigenvalue weighted by Crippen LogP contribution is -2.07. The molecule has 0 unspecified atom stereocenters. The molecule has 0 aromatic carbocycles. The van der Waals surface area contributed by atoms with Crippen LogP contribution in [0.2, 0.25) is 0 Å². The van der Waals surface area contributed by atoms with Crippen LogP contribution in [0.4, 0.5) is 5.95 Å². The molecule has 2 aromatic rings. The first-order chi connectivity index (χ1) is 9.22. The minimum Gasteiger partial charge on any atom is -0.464 e. The maximum absolute atomic E-state index is 5.32. The van der Waals surface area contributed by atoms with Crippen molar-refractivity contribution < 1.29 is 4.74 Å². The molecule has 0 fully saturated rings. The van der Waals surface area contributed by atoms with Gasteiger partial charge in [-0.15, -0.1) is 10.2 Å². The number of rotatable bonds is 6. The Morgan fingerprint density at radius 3 is 2.79 bits per heavy atom. The zero-order chi connectivity index (χ0) is 13.7. The first kappa shape index (κ1) is 13.5. The van der Waals surface area contributed by atoms with Crippen molar-refractivity contribution in [3.8, 4) is 6.01 Å². The van der Waals surface area contributed by atoms with Gasteiger partial charge in [-0.25, -0.2) is 0 Å². The van der Waals surface area contributed by atoms with Gasteiger partial charge in [-0.2, -0.15) is 15.0 Å². The zero-order valence-corrected chi connectivity index (χ0v) is 11.8. The highest BCUT2D eigenvalue weighted by Gasteiger charge is 2.11. The first-order valence-corrected chi connectivity index (χ1v) is 6.69. The van der Waals surface area contributed by atoms with Gasteiger partial charge < -0.3 is 14.6 Å². The van der Waals surface area contributed by atoms with Crippen LogP contribution in [-0.2, 0) is 7.05 Å². The van der Waals surface area contributed by atoms with Crippen molar-refractivity contribution >= 4 is 17.7 Å². The third-order valence-electron chi connectivity index (χ3n) is 2.06. The summed E-state index contributed by atoms with van der Waals surface area (Å²) < 4.78 is 7.12. The highest BCUT2D eigenvalue weighted by molar-refractivity contribution is 7.99. The zero-order valence-electron chi connectivity index (χ0n) is 11.0. The smallest absolute Gasteiger partial charge is 0.322 e. The van der Waals surface area contributed by atoms with Crippen LogP contribution < -0.4 is 10.1 Å². The minimum absolute atomic E-state index is 0.304. The third-order valence-corrected chi connectivity index (χ3v) is 2.97. The molecule has 0 radical (unpaired) electrons. The molecular formula is C10H15N7OS. The van der Waals surface area contributed by atoms with E-state index in [1.165, 1.54) is 11.8 Å². The van der Waals surface area contributed by atoms with E-state index < -0.39 is 0 Å². The lowest BCUT2D eigenvalue weighted by Gasteiger charge is -2.06. The monoisotopic (exact) mass is 281 g/mol. The quantitative estimate of drug-likeness (QED) is 0.838. The van der Waals surface area contributed by atoms with Crippen LogP contribution in [-0.4, -0.2) is 42.9 Å². The van der Waals surface area contributed by atoms with Crippen LogP contribution in [0.25, 0.3) is 0 Å². The van der Waals surface area contributed by atoms with Crippen molar-refractivity contribution in [3.05, 3.63) is 6.33 Å². The maximum atomic E-state index is 5.32. The van der Waals surface area contributed by atoms with Gasteiger partial charge in [-0.3, -0.25) is 0 Å². The van der Waals surface area contributed by atoms with E-state index in [0.717, 1.165) is 6.54 Å². The third kappa shape index (κ3) is 3.53. The molecule has 9 heteroatoms. The van der Waals surface area contributed by atoms with Gasteiger partial charge in [0, 0.05) is 13.6 Å². The van der Waals surface area contributed by atoms with Gasteiger partial charge in [0.25, 0.3) is 0 Å². The summed E-state index contributed by atoms with van der Waals surface area (Å²) in [6, 6.07) is 0.304. The van der Waals surface area contributed by atoms with Crippen molar-refractivity contribution in [1.82, 2.24) is 29.7 Å². The van der Waals surface area contributed by atoms with Crippen LogP contribution >= 0.6 is 11.8 Å². The predicted octanol–water partition coefficient (Wildman–Crippen LogP) is 0.982. The fourth-order valence-electron chi connectivity index (χ4n) is 1.26. The van der Waals surface area contributed by atoms with Gasteiger partial charge in [-0.1, -0.05) is 0 Å². The fourth-order valence-corrected chi connectivity index (χ4v) is 1.96. The standard InChI is InChI=1S/C10H15N7OS/c1-4-11-7-13-8(18-5-2)15-9(14-7)19-10-16-12-6-17(10)3/h6H,4-5H2,1-3H3,(H,11,13,14,15). The molecule has 0 spiro atoms. The summed E-state index contributed by atoms with van der Waals surface area (Å²) in [5.74, 6) is 0.491. The number of nitrogens with one attached hydrogen (secondary N) is 1. The van der Waals surface area contributed by atoms with Crippen LogP contribution in [0.3, 0.4) is 0 Å². The largest absolute Gasteiger partial charge is 0.464 e. The van der Waals surface area contributed by atoms with E-state index in [4.69, 9.17) is 4.74 Å². The first-order valence-electron chi connectivity index (χ1n) is 5.87. The number of ether oxygens (including phenoxy) is 1. The second-order valence-corrected chi connectivity index (χ2v) is 4.45. The number of aromatic nitrogens is 6. The van der Waals surface area contributed by atoms with E-state index in [0.29, 0.717) is 28.9 Å². The van der Waals surface area contributed by atoms with Gasteiger partial charge in [0.1, 0.15) is 6.33 Å². The SMILES string of the molecule is CCNc1nc(OCC)nc(Sc2nncn2C)n1. The van der Waals surface area contributed by atoms with Crippen LogP contribution in [0.1, 0.15) is 13.8 Å². The van der Waals surface area contributed by atoms with Crippen LogP contribution in [0, 0.1) is 0 Å². The molecule has 0 aliphatic heterocycles. The predicted molar refractivity (Wildman–Crippen MR) is 70.3 cm³/mol. The Kier molecular flexibility index (Phi) is 4.50. The second-order valence-electron chi connectivity index (χ2n) is 3.51. The summed E-state index contributed by atoms with van der Waals surface area (Å²) >= 11 is 1.31. The van der Waals surface area contributed by atoms with Crippen LogP contribution in [0.15, 0.2) is 16.6 Å². The number of aryl methyl sites for hydroxylation is 1. The Bertz CT molecular complexity index is 520. The normalized spacial score (nSPS) is 10.5. The molecule has 0 aliphatic carbocycles. The van der Waals surface area contributed by atoms with Crippen molar-refractivity contribution in [2.24, 2.45) is 7.05 Å². The molecule has 2 aromatic heterocycles. The number of anilines is 1. The molecule has 19 heavy (non-hydrogen) atoms. The van der Waals surface area contributed by atoms with Gasteiger partial charge in [-0.05, 0) is 25.6 Å². The van der Waals surface area contributed by atoms with Gasteiger partial charge in [0.05, 0.1) is 6.61 Å². The fraction of sp³-hybridized carbons (Fsp3) is 0.500. The average molecular weight is 281 g/mol. The molecule has 8 nitrogen and oxygen atoms in total. The Hall–Kier alpha value is -1.90. The molecule has 1 N–H and O–H groups in total. The summed E-state index contributed by atoms with van der Waals surface area (Å²) in [5.41, 5.74) is 0. The molecule has 2 heterocycles. The highest BCUT2D eigenvalue weighted by Crippen LogP contribution is 2.23. The molecular weight excluding hydrogens is 266 g/mol. The summed E-state index contributed by atoms with van der Waals surface area (Å²) in [4.78, 5) is 12.7. The van der Waals surface area contributed by atoms with Gasteiger partial charge in [0.15, 0.2) is 5.16 Å². The second kappa shape index (κ2) is 6.32. The number of hydrogen-bond donors (Lipinski definition) is 1. The number of nitrogens with zero attached hydrogens (tertiary/aromatic N) is 6. The molecule has 0 amide bonds. The lowest BCUT2D eigenvalue weighted by atomic mass is 10.7. The molecule has 2 rings (SSSR count). The Morgan fingerprint density at radius 1 is 1.32 bits per heavy atom. The Labute approximate surface area is 115 Å². The van der Waals surface area contributed by atoms with Crippen molar-refractivity contribution in [1.29, 1.82) is 0 Å². The van der Waals surface area contributed by atoms with E-state index in [1.807, 2.05) is 20.9 Å². The lowest BCUT2D eigenvalue weighted by molar-refractivity contribution is 0.308. The van der Waals surface area contributed by atoms with E-state index >= 15 is 0 Å². The number of hydrogen-bond acceptors (Lipinski definition) is 8. The molecule has 0 bridgehead atoms. The van der Waals surface area contributed by atoms with E-state index in [2.05, 4.69) is 30.5 Å².